The highest BCUT2D eigenvalue weighted by Gasteiger charge is 2.23. The van der Waals surface area contributed by atoms with Gasteiger partial charge < -0.3 is 4.74 Å². The summed E-state index contributed by atoms with van der Waals surface area (Å²) >= 11 is 0. The second-order valence-corrected chi connectivity index (χ2v) is 7.78. The van der Waals surface area contributed by atoms with E-state index in [0.717, 1.165) is 32.3 Å². The zero-order chi connectivity index (χ0) is 18.9. The van der Waals surface area contributed by atoms with Crippen LogP contribution >= 0.6 is 0 Å². The molecule has 0 aromatic heterocycles. The summed E-state index contributed by atoms with van der Waals surface area (Å²) in [6, 6.07) is 17.9. The van der Waals surface area contributed by atoms with E-state index >= 15 is 0 Å². The molecule has 1 heterocycles. The van der Waals surface area contributed by atoms with Crippen molar-refractivity contribution in [1.29, 1.82) is 0 Å². The van der Waals surface area contributed by atoms with Gasteiger partial charge in [-0.2, -0.15) is 0 Å². The van der Waals surface area contributed by atoms with E-state index in [-0.39, 0.29) is 0 Å². The molecule has 0 radical (unpaired) electrons. The SMILES string of the molecule is Cc1ccc2c(c1-c1c(CCC3CO3)ccc3ccccc13)/C=C\CC#CC2. The normalized spacial score (nSPS) is 18.5. The average Bonchev–Trinajstić information content (AvgIpc) is 3.52. The third-order valence-corrected chi connectivity index (χ3v) is 5.86. The molecule has 1 heteroatoms. The van der Waals surface area contributed by atoms with Crippen molar-refractivity contribution in [3.8, 4) is 23.0 Å². The summed E-state index contributed by atoms with van der Waals surface area (Å²) < 4.78 is 5.48. The maximum Gasteiger partial charge on any atom is 0.0813 e. The predicted molar refractivity (Wildman–Crippen MR) is 117 cm³/mol. The first-order chi connectivity index (χ1) is 13.8. The molecule has 138 valence electrons. The first-order valence-electron chi connectivity index (χ1n) is 10.2. The van der Waals surface area contributed by atoms with E-state index in [1.807, 2.05) is 0 Å². The van der Waals surface area contributed by atoms with Gasteiger partial charge in [-0.1, -0.05) is 72.5 Å². The van der Waals surface area contributed by atoms with Crippen molar-refractivity contribution in [2.24, 2.45) is 0 Å². The molecule has 1 fully saturated rings. The van der Waals surface area contributed by atoms with Gasteiger partial charge in [-0.15, -0.1) is 0 Å². The lowest BCUT2D eigenvalue weighted by molar-refractivity contribution is 0.397. The summed E-state index contributed by atoms with van der Waals surface area (Å²) in [6.45, 7) is 3.16. The van der Waals surface area contributed by atoms with E-state index in [0.29, 0.717) is 6.10 Å². The summed E-state index contributed by atoms with van der Waals surface area (Å²) in [7, 11) is 0. The fourth-order valence-corrected chi connectivity index (χ4v) is 4.29. The number of ether oxygens (including phenoxy) is 1. The van der Waals surface area contributed by atoms with Gasteiger partial charge in [0.15, 0.2) is 0 Å². The molecule has 0 spiro atoms. The third kappa shape index (κ3) is 3.26. The van der Waals surface area contributed by atoms with E-state index in [9.17, 15) is 0 Å². The minimum absolute atomic E-state index is 0.451. The monoisotopic (exact) mass is 364 g/mol. The summed E-state index contributed by atoms with van der Waals surface area (Å²) in [6.07, 6.45) is 8.75. The van der Waals surface area contributed by atoms with Crippen LogP contribution in [0.1, 0.15) is 35.1 Å². The molecular weight excluding hydrogens is 340 g/mol. The van der Waals surface area contributed by atoms with Crippen LogP contribution in [0.3, 0.4) is 0 Å². The van der Waals surface area contributed by atoms with E-state index in [1.54, 1.807) is 0 Å². The topological polar surface area (TPSA) is 12.5 Å². The van der Waals surface area contributed by atoms with Gasteiger partial charge in [0.2, 0.25) is 0 Å². The van der Waals surface area contributed by atoms with E-state index in [1.165, 1.54) is 44.2 Å². The van der Waals surface area contributed by atoms with Crippen LogP contribution in [0.4, 0.5) is 0 Å². The van der Waals surface area contributed by atoms with Crippen molar-refractivity contribution in [2.45, 2.75) is 38.7 Å². The van der Waals surface area contributed by atoms with Crippen LogP contribution in [0.15, 0.2) is 54.6 Å². The lowest BCUT2D eigenvalue weighted by Crippen LogP contribution is -2.01. The minimum atomic E-state index is 0.451. The molecule has 1 atom stereocenters. The molecule has 1 saturated heterocycles. The molecule has 0 saturated carbocycles. The Hall–Kier alpha value is -2.82. The Balaban J connectivity index is 1.77. The summed E-state index contributed by atoms with van der Waals surface area (Å²) in [5.41, 5.74) is 8.19. The standard InChI is InChI=1S/C27H24O/c1-19-12-13-20-8-4-2-3-5-10-24(20)26(19)27-22(16-17-23-18-28-23)15-14-21-9-6-7-11-25(21)27/h5-7,9-15,23H,3,8,16-18H2,1H3/b10-5-. The lowest BCUT2D eigenvalue weighted by atomic mass is 9.84. The predicted octanol–water partition coefficient (Wildman–Crippen LogP) is 6.11. The van der Waals surface area contributed by atoms with Crippen molar-refractivity contribution < 1.29 is 4.74 Å². The largest absolute Gasteiger partial charge is 0.373 e. The molecule has 5 rings (SSSR count). The first-order valence-corrected chi connectivity index (χ1v) is 10.2. The Morgan fingerprint density at radius 3 is 2.79 bits per heavy atom. The molecule has 0 bridgehead atoms. The van der Waals surface area contributed by atoms with Gasteiger partial charge in [0.05, 0.1) is 12.7 Å². The van der Waals surface area contributed by atoms with Crippen LogP contribution < -0.4 is 0 Å². The van der Waals surface area contributed by atoms with Crippen molar-refractivity contribution in [2.75, 3.05) is 6.61 Å². The molecule has 1 nitrogen and oxygen atoms in total. The number of rotatable bonds is 4. The molecule has 1 unspecified atom stereocenters. The number of epoxide rings is 1. The van der Waals surface area contributed by atoms with Gasteiger partial charge >= 0.3 is 0 Å². The molecule has 1 aliphatic heterocycles. The van der Waals surface area contributed by atoms with Gasteiger partial charge in [-0.05, 0) is 63.9 Å². The lowest BCUT2D eigenvalue weighted by Gasteiger charge is -2.20. The molecule has 2 aliphatic rings. The van der Waals surface area contributed by atoms with Crippen molar-refractivity contribution in [3.63, 3.8) is 0 Å². The number of aryl methyl sites for hydroxylation is 2. The number of benzene rings is 3. The minimum Gasteiger partial charge on any atom is -0.373 e. The maximum absolute atomic E-state index is 5.48. The van der Waals surface area contributed by atoms with Crippen LogP contribution in [0.2, 0.25) is 0 Å². The molecule has 0 N–H and O–H groups in total. The van der Waals surface area contributed by atoms with Crippen LogP contribution in [0, 0.1) is 18.8 Å². The van der Waals surface area contributed by atoms with Crippen LogP contribution in [-0.4, -0.2) is 12.7 Å². The highest BCUT2D eigenvalue weighted by Crippen LogP contribution is 2.39. The van der Waals surface area contributed by atoms with Gasteiger partial charge in [-0.3, -0.25) is 0 Å². The molecule has 3 aromatic carbocycles. The number of hydrogen-bond donors (Lipinski definition) is 0. The highest BCUT2D eigenvalue weighted by molar-refractivity contribution is 6.01. The van der Waals surface area contributed by atoms with Crippen LogP contribution in [0.5, 0.6) is 0 Å². The molecule has 0 amide bonds. The maximum atomic E-state index is 5.48. The van der Waals surface area contributed by atoms with Crippen LogP contribution in [0.25, 0.3) is 28.0 Å². The Morgan fingerprint density at radius 1 is 1.00 bits per heavy atom. The number of allylic oxidation sites excluding steroid dienone is 1. The van der Waals surface area contributed by atoms with E-state index in [4.69, 9.17) is 4.74 Å². The van der Waals surface area contributed by atoms with Crippen molar-refractivity contribution in [1.82, 2.24) is 0 Å². The quantitative estimate of drug-likeness (QED) is 0.402. The Bertz CT molecular complexity index is 1140. The summed E-state index contributed by atoms with van der Waals surface area (Å²) in [4.78, 5) is 0. The highest BCUT2D eigenvalue weighted by atomic mass is 16.6. The van der Waals surface area contributed by atoms with E-state index < -0.39 is 0 Å². The molecule has 1 aliphatic carbocycles. The zero-order valence-electron chi connectivity index (χ0n) is 16.3. The van der Waals surface area contributed by atoms with Crippen molar-refractivity contribution in [3.05, 3.63) is 76.9 Å². The Labute approximate surface area is 167 Å². The smallest absolute Gasteiger partial charge is 0.0813 e. The van der Waals surface area contributed by atoms with Crippen molar-refractivity contribution >= 4 is 16.8 Å². The van der Waals surface area contributed by atoms with E-state index in [2.05, 4.69) is 79.4 Å². The summed E-state index contributed by atoms with van der Waals surface area (Å²) in [5, 5.41) is 2.64. The fraction of sp³-hybridized carbons (Fsp3) is 0.259. The fourth-order valence-electron chi connectivity index (χ4n) is 4.29. The second-order valence-electron chi connectivity index (χ2n) is 7.78. The Morgan fingerprint density at radius 2 is 1.89 bits per heavy atom. The average molecular weight is 364 g/mol. The summed E-state index contributed by atoms with van der Waals surface area (Å²) in [5.74, 6) is 6.56. The molecular formula is C27H24O. The zero-order valence-corrected chi connectivity index (χ0v) is 16.3. The van der Waals surface area contributed by atoms with Crippen LogP contribution in [-0.2, 0) is 17.6 Å². The third-order valence-electron chi connectivity index (χ3n) is 5.86. The van der Waals surface area contributed by atoms with Gasteiger partial charge in [-0.25, -0.2) is 0 Å². The van der Waals surface area contributed by atoms with Gasteiger partial charge in [0.1, 0.15) is 0 Å². The molecule has 3 aromatic rings. The number of hydrogen-bond acceptors (Lipinski definition) is 1. The number of fused-ring (bicyclic) bond motifs is 2. The molecule has 28 heavy (non-hydrogen) atoms. The first kappa shape index (κ1) is 17.3. The van der Waals surface area contributed by atoms with Gasteiger partial charge in [0.25, 0.3) is 0 Å². The second kappa shape index (κ2) is 7.30. The Kier molecular flexibility index (Phi) is 4.51. The van der Waals surface area contributed by atoms with Gasteiger partial charge in [0, 0.05) is 12.8 Å².